The molecule has 10 heteroatoms. The van der Waals surface area contributed by atoms with Crippen LogP contribution in [-0.4, -0.2) is 31.9 Å². The summed E-state index contributed by atoms with van der Waals surface area (Å²) < 4.78 is 26.7. The van der Waals surface area contributed by atoms with Gasteiger partial charge in [0.05, 0.1) is 0 Å². The minimum absolute atomic E-state index is 0.0474. The molecule has 2 fully saturated rings. The fourth-order valence-corrected chi connectivity index (χ4v) is 3.32. The van der Waals surface area contributed by atoms with Gasteiger partial charge in [0, 0.05) is 43.6 Å². The van der Waals surface area contributed by atoms with Gasteiger partial charge >= 0.3 is 0 Å². The van der Waals surface area contributed by atoms with Gasteiger partial charge in [-0.2, -0.15) is 15.0 Å². The Bertz CT molecular complexity index is 910. The zero-order chi connectivity index (χ0) is 19.1. The van der Waals surface area contributed by atoms with Crippen molar-refractivity contribution in [2.24, 2.45) is 0 Å². The zero-order valence-electron chi connectivity index (χ0n) is 14.2. The first-order valence-corrected chi connectivity index (χ1v) is 8.93. The van der Waals surface area contributed by atoms with Crippen LogP contribution < -0.4 is 10.6 Å². The number of nitrogens with zero attached hydrogens (tertiary/aromatic N) is 5. The highest BCUT2D eigenvalue weighted by Crippen LogP contribution is 2.49. The largest absolute Gasteiger partial charge is 0.351 e. The number of hydrogen-bond acceptors (Lipinski definition) is 6. The fourth-order valence-electron chi connectivity index (χ4n) is 3.16. The van der Waals surface area contributed by atoms with E-state index >= 15 is 0 Å². The van der Waals surface area contributed by atoms with Crippen molar-refractivity contribution < 1.29 is 8.78 Å². The van der Waals surface area contributed by atoms with Crippen LogP contribution in [0.5, 0.6) is 0 Å². The number of anilines is 3. The van der Waals surface area contributed by atoms with Crippen LogP contribution in [0, 0.1) is 6.57 Å². The Morgan fingerprint density at radius 1 is 1.19 bits per heavy atom. The summed E-state index contributed by atoms with van der Waals surface area (Å²) in [5, 5.41) is 5.87. The maximum absolute atomic E-state index is 13.4. The Kier molecular flexibility index (Phi) is 4.30. The molecule has 0 aromatic carbocycles. The van der Waals surface area contributed by atoms with Gasteiger partial charge in [-0.15, -0.1) is 0 Å². The van der Waals surface area contributed by atoms with E-state index in [1.54, 1.807) is 18.3 Å². The lowest BCUT2D eigenvalue weighted by molar-refractivity contribution is 0.00851. The molecule has 4 rings (SSSR count). The van der Waals surface area contributed by atoms with Crippen molar-refractivity contribution in [3.05, 3.63) is 40.7 Å². The summed E-state index contributed by atoms with van der Waals surface area (Å²) in [5.41, 5.74) is 0.846. The smallest absolute Gasteiger partial charge is 0.274 e. The molecule has 140 valence electrons. The Morgan fingerprint density at radius 2 is 1.96 bits per heavy atom. The van der Waals surface area contributed by atoms with E-state index in [4.69, 9.17) is 18.2 Å². The zero-order valence-corrected chi connectivity index (χ0v) is 15.0. The average molecular weight is 392 g/mol. The predicted molar refractivity (Wildman–Crippen MR) is 96.1 cm³/mol. The van der Waals surface area contributed by atoms with Crippen molar-refractivity contribution in [3.8, 4) is 0 Å². The summed E-state index contributed by atoms with van der Waals surface area (Å²) in [7, 11) is 0. The van der Waals surface area contributed by atoms with Crippen molar-refractivity contribution in [2.45, 2.75) is 49.6 Å². The molecule has 1 unspecified atom stereocenters. The Balaban J connectivity index is 1.51. The third-order valence-corrected chi connectivity index (χ3v) is 4.94. The molecule has 1 atom stereocenters. The van der Waals surface area contributed by atoms with E-state index in [0.29, 0.717) is 17.8 Å². The van der Waals surface area contributed by atoms with Crippen molar-refractivity contribution in [3.63, 3.8) is 0 Å². The van der Waals surface area contributed by atoms with Gasteiger partial charge < -0.3 is 15.5 Å². The van der Waals surface area contributed by atoms with Crippen LogP contribution in [-0.2, 0) is 5.54 Å². The van der Waals surface area contributed by atoms with E-state index in [-0.39, 0.29) is 30.0 Å². The van der Waals surface area contributed by atoms with Gasteiger partial charge in [0.15, 0.2) is 0 Å². The molecule has 0 radical (unpaired) electrons. The third kappa shape index (κ3) is 3.90. The number of halogens is 3. The van der Waals surface area contributed by atoms with Crippen molar-refractivity contribution in [1.82, 2.24) is 19.9 Å². The predicted octanol–water partition coefficient (Wildman–Crippen LogP) is 4.17. The van der Waals surface area contributed by atoms with Gasteiger partial charge in [-0.3, -0.25) is 4.98 Å². The van der Waals surface area contributed by atoms with Gasteiger partial charge in [0.1, 0.15) is 5.69 Å². The van der Waals surface area contributed by atoms with Crippen molar-refractivity contribution in [2.75, 3.05) is 10.6 Å². The molecule has 7 nitrogen and oxygen atoms in total. The molecule has 2 aromatic rings. The second-order valence-corrected chi connectivity index (χ2v) is 7.23. The molecule has 27 heavy (non-hydrogen) atoms. The average Bonchev–Trinajstić information content (AvgIpc) is 3.34. The second-order valence-electron chi connectivity index (χ2n) is 6.89. The summed E-state index contributed by atoms with van der Waals surface area (Å²) in [6.45, 7) is 7.34. The van der Waals surface area contributed by atoms with Crippen LogP contribution in [0.2, 0.25) is 5.28 Å². The molecule has 0 saturated heterocycles. The summed E-state index contributed by atoms with van der Waals surface area (Å²) >= 11 is 5.95. The SMILES string of the molecule is [C-]#[N+]C1(c2cc(Nc3nc(Cl)nc(NC4CCC(F)(F)C4)n3)ccn2)CC1. The number of aromatic nitrogens is 4. The highest BCUT2D eigenvalue weighted by molar-refractivity contribution is 6.28. The van der Waals surface area contributed by atoms with Crippen LogP contribution in [0.15, 0.2) is 18.3 Å². The number of nitrogens with one attached hydrogen (secondary N) is 2. The molecule has 2 saturated carbocycles. The highest BCUT2D eigenvalue weighted by Gasteiger charge is 2.54. The van der Waals surface area contributed by atoms with E-state index in [1.165, 1.54) is 0 Å². The van der Waals surface area contributed by atoms with Gasteiger partial charge in [0.25, 0.3) is 5.54 Å². The maximum Gasteiger partial charge on any atom is 0.274 e. The van der Waals surface area contributed by atoms with Gasteiger partial charge in [-0.25, -0.2) is 15.4 Å². The first-order valence-electron chi connectivity index (χ1n) is 8.56. The van der Waals surface area contributed by atoms with Crippen LogP contribution in [0.4, 0.5) is 26.4 Å². The minimum Gasteiger partial charge on any atom is -0.351 e. The Morgan fingerprint density at radius 3 is 2.63 bits per heavy atom. The number of rotatable bonds is 5. The second kappa shape index (κ2) is 6.53. The van der Waals surface area contributed by atoms with E-state index in [9.17, 15) is 8.78 Å². The summed E-state index contributed by atoms with van der Waals surface area (Å²) in [4.78, 5) is 20.2. The van der Waals surface area contributed by atoms with Crippen LogP contribution in [0.3, 0.4) is 0 Å². The van der Waals surface area contributed by atoms with Crippen molar-refractivity contribution >= 4 is 29.2 Å². The standard InChI is InChI=1S/C17H16ClF2N7/c1-21-16(5-6-16)12-8-10(3-7-22-12)23-14-25-13(18)26-15(27-14)24-11-2-4-17(19,20)9-11/h3,7-8,11H,2,4-6,9H2,(H2,22,23,24,25,26,27). The number of alkyl halides is 2. The molecular formula is C17H16ClF2N7. The highest BCUT2D eigenvalue weighted by atomic mass is 35.5. The van der Waals surface area contributed by atoms with Crippen LogP contribution >= 0.6 is 11.6 Å². The summed E-state index contributed by atoms with van der Waals surface area (Å²) in [6.07, 6.45) is 3.13. The molecule has 2 aliphatic rings. The topological polar surface area (TPSA) is 80.0 Å². The third-order valence-electron chi connectivity index (χ3n) is 4.78. The summed E-state index contributed by atoms with van der Waals surface area (Å²) in [6, 6.07) is 3.10. The quantitative estimate of drug-likeness (QED) is 0.744. The Hall–Kier alpha value is -2.60. The molecule has 0 amide bonds. The summed E-state index contributed by atoms with van der Waals surface area (Å²) in [5.74, 6) is -2.33. The monoisotopic (exact) mass is 391 g/mol. The van der Waals surface area contributed by atoms with Crippen LogP contribution in [0.25, 0.3) is 4.85 Å². The lowest BCUT2D eigenvalue weighted by Crippen LogP contribution is -2.21. The number of pyridine rings is 1. The molecule has 0 aliphatic heterocycles. The van der Waals surface area contributed by atoms with Gasteiger partial charge in [-0.1, -0.05) is 0 Å². The normalized spacial score (nSPS) is 22.1. The van der Waals surface area contributed by atoms with E-state index in [2.05, 4.69) is 35.4 Å². The lowest BCUT2D eigenvalue weighted by Gasteiger charge is -2.14. The molecule has 2 aliphatic carbocycles. The first-order chi connectivity index (χ1) is 12.9. The maximum atomic E-state index is 13.4. The Labute approximate surface area is 159 Å². The van der Waals surface area contributed by atoms with E-state index < -0.39 is 17.5 Å². The van der Waals surface area contributed by atoms with Gasteiger partial charge in [0.2, 0.25) is 23.1 Å². The van der Waals surface area contributed by atoms with E-state index in [0.717, 1.165) is 12.8 Å². The minimum atomic E-state index is -2.66. The van der Waals surface area contributed by atoms with Crippen LogP contribution in [0.1, 0.15) is 37.8 Å². The molecule has 0 spiro atoms. The van der Waals surface area contributed by atoms with Gasteiger partial charge in [-0.05, 0) is 30.2 Å². The first kappa shape index (κ1) is 17.8. The fraction of sp³-hybridized carbons (Fsp3) is 0.471. The molecule has 2 heterocycles. The molecule has 2 N–H and O–H groups in total. The molecular weight excluding hydrogens is 376 g/mol. The van der Waals surface area contributed by atoms with E-state index in [1.807, 2.05) is 0 Å². The number of hydrogen-bond donors (Lipinski definition) is 2. The molecule has 2 aromatic heterocycles. The molecule has 0 bridgehead atoms. The lowest BCUT2D eigenvalue weighted by atomic mass is 10.1. The van der Waals surface area contributed by atoms with Crippen molar-refractivity contribution in [1.29, 1.82) is 0 Å².